The fourth-order valence-corrected chi connectivity index (χ4v) is 6.80. The van der Waals surface area contributed by atoms with Crippen LogP contribution >= 0.6 is 0 Å². The van der Waals surface area contributed by atoms with Crippen LogP contribution in [0.4, 0.5) is 5.69 Å². The van der Waals surface area contributed by atoms with Crippen LogP contribution in [0.2, 0.25) is 0 Å². The number of hydrogen-bond donors (Lipinski definition) is 2. The molecule has 0 bridgehead atoms. The van der Waals surface area contributed by atoms with E-state index in [2.05, 4.69) is 5.32 Å². The lowest BCUT2D eigenvalue weighted by molar-refractivity contribution is -0.136. The van der Waals surface area contributed by atoms with E-state index < -0.39 is 23.8 Å². The third kappa shape index (κ3) is 6.69. The second-order valence-electron chi connectivity index (χ2n) is 12.5. The molecule has 3 unspecified atom stereocenters. The molecular formula is C39H41N3O4. The van der Waals surface area contributed by atoms with E-state index in [0.717, 1.165) is 59.4 Å². The Labute approximate surface area is 270 Å². The van der Waals surface area contributed by atoms with Gasteiger partial charge in [-0.2, -0.15) is 0 Å². The summed E-state index contributed by atoms with van der Waals surface area (Å²) in [6.45, 7) is 2.27. The number of benzene rings is 4. The van der Waals surface area contributed by atoms with Gasteiger partial charge >= 0.3 is 0 Å². The zero-order valence-corrected chi connectivity index (χ0v) is 26.2. The minimum Gasteiger partial charge on any atom is -0.457 e. The van der Waals surface area contributed by atoms with Crippen molar-refractivity contribution in [3.05, 3.63) is 114 Å². The van der Waals surface area contributed by atoms with E-state index in [1.807, 2.05) is 110 Å². The van der Waals surface area contributed by atoms with Crippen LogP contribution in [0, 0.1) is 17.8 Å². The van der Waals surface area contributed by atoms with Crippen LogP contribution in [0.15, 0.2) is 103 Å². The number of carbonyl (C=O) groups is 3. The number of fused-ring (bicyclic) bond motifs is 3. The molecule has 7 nitrogen and oxygen atoms in total. The summed E-state index contributed by atoms with van der Waals surface area (Å²) in [7, 11) is 0. The first-order valence-electron chi connectivity index (χ1n) is 16.3. The van der Waals surface area contributed by atoms with Crippen molar-refractivity contribution in [2.45, 2.75) is 58.0 Å². The Bertz CT molecular complexity index is 1700. The van der Waals surface area contributed by atoms with E-state index in [1.165, 1.54) is 0 Å². The van der Waals surface area contributed by atoms with Crippen molar-refractivity contribution in [1.29, 1.82) is 0 Å². The molecule has 0 radical (unpaired) electrons. The van der Waals surface area contributed by atoms with E-state index in [9.17, 15) is 14.4 Å². The average molecular weight is 616 g/mol. The molecule has 0 aromatic heterocycles. The molecule has 3 N–H and O–H groups in total. The largest absolute Gasteiger partial charge is 0.457 e. The lowest BCUT2D eigenvalue weighted by Gasteiger charge is -2.33. The highest BCUT2D eigenvalue weighted by Gasteiger charge is 2.40. The number of hydrogen-bond acceptors (Lipinski definition) is 4. The Kier molecular flexibility index (Phi) is 9.48. The Morgan fingerprint density at radius 2 is 1.57 bits per heavy atom. The number of nitrogens with zero attached hydrogens (tertiary/aromatic N) is 1. The molecule has 2 aliphatic rings. The summed E-state index contributed by atoms with van der Waals surface area (Å²) in [4.78, 5) is 43.3. The van der Waals surface area contributed by atoms with E-state index in [0.29, 0.717) is 24.5 Å². The van der Waals surface area contributed by atoms with Crippen molar-refractivity contribution in [1.82, 2.24) is 5.32 Å². The molecule has 3 amide bonds. The lowest BCUT2D eigenvalue weighted by atomic mass is 9.73. The summed E-state index contributed by atoms with van der Waals surface area (Å²) in [5, 5.41) is 3.14. The van der Waals surface area contributed by atoms with Crippen molar-refractivity contribution < 1.29 is 19.1 Å². The number of carbonyl (C=O) groups excluding carboxylic acids is 3. The highest BCUT2D eigenvalue weighted by molar-refractivity contribution is 6.06. The fraction of sp³-hybridized carbons (Fsp3) is 0.308. The molecule has 1 fully saturated rings. The molecule has 4 aromatic rings. The molecule has 3 atom stereocenters. The zero-order valence-electron chi connectivity index (χ0n) is 26.2. The van der Waals surface area contributed by atoms with Gasteiger partial charge in [0.1, 0.15) is 17.5 Å². The molecule has 4 aromatic carbocycles. The third-order valence-corrected chi connectivity index (χ3v) is 9.37. The first-order chi connectivity index (χ1) is 22.4. The molecule has 1 heterocycles. The number of ether oxygens (including phenoxy) is 1. The third-order valence-electron chi connectivity index (χ3n) is 9.37. The van der Waals surface area contributed by atoms with Crippen molar-refractivity contribution in [3.63, 3.8) is 0 Å². The lowest BCUT2D eigenvalue weighted by Crippen LogP contribution is -2.47. The SMILES string of the molecule is CCCC(C(N)=O)C(CC1CCC1)C(=O)NC1C(=O)N(Cc2cccc(Oc3ccccc3)c2)c2ccccc2-c2ccccc21. The summed E-state index contributed by atoms with van der Waals surface area (Å²) in [6, 6.07) is 31.9. The molecule has 46 heavy (non-hydrogen) atoms. The van der Waals surface area contributed by atoms with Gasteiger partial charge < -0.3 is 20.7 Å². The van der Waals surface area contributed by atoms with Gasteiger partial charge in [0.2, 0.25) is 11.8 Å². The quantitative estimate of drug-likeness (QED) is 0.172. The van der Waals surface area contributed by atoms with Crippen LogP contribution in [0.1, 0.15) is 62.6 Å². The van der Waals surface area contributed by atoms with Gasteiger partial charge in [-0.1, -0.05) is 105 Å². The molecule has 6 rings (SSSR count). The van der Waals surface area contributed by atoms with Gasteiger partial charge in [0.05, 0.1) is 12.2 Å². The van der Waals surface area contributed by atoms with Crippen LogP contribution in [0.3, 0.4) is 0 Å². The van der Waals surface area contributed by atoms with Gasteiger partial charge in [0, 0.05) is 17.4 Å². The fourth-order valence-electron chi connectivity index (χ4n) is 6.80. The minimum atomic E-state index is -0.945. The number of nitrogens with two attached hydrogens (primary N) is 1. The second kappa shape index (κ2) is 14.0. The number of para-hydroxylation sites is 2. The molecule has 7 heteroatoms. The molecule has 236 valence electrons. The number of nitrogens with one attached hydrogen (secondary N) is 1. The van der Waals surface area contributed by atoms with Gasteiger partial charge in [0.25, 0.3) is 5.91 Å². The van der Waals surface area contributed by atoms with Gasteiger partial charge in [-0.3, -0.25) is 14.4 Å². The normalized spacial score (nSPS) is 17.1. The van der Waals surface area contributed by atoms with Gasteiger partial charge in [-0.05, 0) is 65.8 Å². The maximum absolute atomic E-state index is 14.7. The smallest absolute Gasteiger partial charge is 0.254 e. The van der Waals surface area contributed by atoms with Crippen molar-refractivity contribution in [3.8, 4) is 22.6 Å². The number of primary amides is 1. The summed E-state index contributed by atoms with van der Waals surface area (Å²) < 4.78 is 6.09. The van der Waals surface area contributed by atoms with Gasteiger partial charge in [-0.15, -0.1) is 0 Å². The van der Waals surface area contributed by atoms with E-state index in [4.69, 9.17) is 10.5 Å². The summed E-state index contributed by atoms with van der Waals surface area (Å²) in [5.74, 6) is -0.383. The van der Waals surface area contributed by atoms with Crippen LogP contribution in [0.25, 0.3) is 11.1 Å². The Balaban J connectivity index is 1.35. The number of anilines is 1. The van der Waals surface area contributed by atoms with Crippen molar-refractivity contribution in [2.24, 2.45) is 23.5 Å². The van der Waals surface area contributed by atoms with Gasteiger partial charge in [0.15, 0.2) is 0 Å². The van der Waals surface area contributed by atoms with Crippen LogP contribution in [-0.2, 0) is 20.9 Å². The topological polar surface area (TPSA) is 102 Å². The van der Waals surface area contributed by atoms with Crippen LogP contribution < -0.4 is 20.7 Å². The van der Waals surface area contributed by atoms with E-state index in [-0.39, 0.29) is 18.4 Å². The van der Waals surface area contributed by atoms with E-state index >= 15 is 0 Å². The Morgan fingerprint density at radius 3 is 2.28 bits per heavy atom. The zero-order chi connectivity index (χ0) is 32.0. The molecule has 1 aliphatic carbocycles. The highest BCUT2D eigenvalue weighted by atomic mass is 16.5. The standard InChI is InChI=1S/C39H41N3O4/c1-2-12-33(37(40)43)34(24-26-13-10-14-26)38(44)41-36-32-21-7-6-19-30(32)31-20-8-9-22-35(31)42(39(36)45)25-27-15-11-18-29(23-27)46-28-16-4-3-5-17-28/h3-9,11,15-23,26,33-34,36H,2,10,12-14,24-25H2,1H3,(H2,40,43)(H,41,44). The first kappa shape index (κ1) is 31.1. The summed E-state index contributed by atoms with van der Waals surface area (Å²) in [5.41, 5.74) is 10.0. The molecule has 0 spiro atoms. The molecular weight excluding hydrogens is 574 g/mol. The molecule has 1 saturated carbocycles. The van der Waals surface area contributed by atoms with Gasteiger partial charge in [-0.25, -0.2) is 0 Å². The monoisotopic (exact) mass is 615 g/mol. The predicted molar refractivity (Wildman–Crippen MR) is 180 cm³/mol. The number of rotatable bonds is 12. The van der Waals surface area contributed by atoms with E-state index in [1.54, 1.807) is 4.90 Å². The minimum absolute atomic E-state index is 0.242. The molecule has 0 saturated heterocycles. The number of amides is 3. The highest BCUT2D eigenvalue weighted by Crippen LogP contribution is 2.42. The van der Waals surface area contributed by atoms with Crippen molar-refractivity contribution in [2.75, 3.05) is 4.90 Å². The summed E-state index contributed by atoms with van der Waals surface area (Å²) in [6.07, 6.45) is 5.09. The maximum Gasteiger partial charge on any atom is 0.254 e. The average Bonchev–Trinajstić information content (AvgIpc) is 3.13. The second-order valence-corrected chi connectivity index (χ2v) is 12.5. The maximum atomic E-state index is 14.7. The van der Waals surface area contributed by atoms with Crippen LogP contribution in [-0.4, -0.2) is 17.7 Å². The Morgan fingerprint density at radius 1 is 0.870 bits per heavy atom. The van der Waals surface area contributed by atoms with Crippen LogP contribution in [0.5, 0.6) is 11.5 Å². The predicted octanol–water partition coefficient (Wildman–Crippen LogP) is 7.56. The van der Waals surface area contributed by atoms with Crippen molar-refractivity contribution >= 4 is 23.4 Å². The summed E-state index contributed by atoms with van der Waals surface area (Å²) >= 11 is 0. The molecule has 1 aliphatic heterocycles. The first-order valence-corrected chi connectivity index (χ1v) is 16.3. The Hall–Kier alpha value is -4.91.